The normalized spacial score (nSPS) is 15.4. The number of amides is 1. The van der Waals surface area contributed by atoms with Gasteiger partial charge in [-0.2, -0.15) is 0 Å². The monoisotopic (exact) mass is 368 g/mol. The van der Waals surface area contributed by atoms with Crippen LogP contribution < -0.4 is 5.32 Å². The van der Waals surface area contributed by atoms with Crippen LogP contribution in [0.25, 0.3) is 10.8 Å². The lowest BCUT2D eigenvalue weighted by Crippen LogP contribution is -2.34. The van der Waals surface area contributed by atoms with E-state index in [9.17, 15) is 4.79 Å². The molecule has 1 amide bonds. The SMILES string of the molecule is Cl.O=C(c1ccc2cc(Br)ccc2c1)N1CCCNCC1. The van der Waals surface area contributed by atoms with Crippen molar-refractivity contribution in [2.24, 2.45) is 0 Å². The lowest BCUT2D eigenvalue weighted by Gasteiger charge is -2.20. The van der Waals surface area contributed by atoms with Crippen molar-refractivity contribution >= 4 is 45.0 Å². The van der Waals surface area contributed by atoms with Gasteiger partial charge in [-0.1, -0.05) is 28.1 Å². The molecule has 0 spiro atoms. The molecule has 1 aliphatic rings. The number of nitrogens with zero attached hydrogens (tertiary/aromatic N) is 1. The van der Waals surface area contributed by atoms with Crippen molar-refractivity contribution in [2.75, 3.05) is 26.2 Å². The van der Waals surface area contributed by atoms with Crippen LogP contribution in [0.2, 0.25) is 0 Å². The van der Waals surface area contributed by atoms with Crippen LogP contribution in [0.5, 0.6) is 0 Å². The first-order valence-corrected chi connectivity index (χ1v) is 7.73. The first-order chi connectivity index (χ1) is 9.74. The van der Waals surface area contributed by atoms with E-state index in [-0.39, 0.29) is 18.3 Å². The zero-order valence-electron chi connectivity index (χ0n) is 11.6. The van der Waals surface area contributed by atoms with Gasteiger partial charge in [0.05, 0.1) is 0 Å². The van der Waals surface area contributed by atoms with Crippen molar-refractivity contribution in [2.45, 2.75) is 6.42 Å². The molecule has 1 aliphatic heterocycles. The lowest BCUT2D eigenvalue weighted by molar-refractivity contribution is 0.0766. The molecule has 0 aliphatic carbocycles. The largest absolute Gasteiger partial charge is 0.337 e. The number of benzene rings is 2. The summed E-state index contributed by atoms with van der Waals surface area (Å²) in [5.74, 6) is 0.138. The summed E-state index contributed by atoms with van der Waals surface area (Å²) in [5, 5.41) is 5.57. The molecule has 3 rings (SSSR count). The number of hydrogen-bond donors (Lipinski definition) is 1. The van der Waals surface area contributed by atoms with E-state index in [1.807, 2.05) is 35.2 Å². The van der Waals surface area contributed by atoms with Crippen molar-refractivity contribution in [1.29, 1.82) is 0 Å². The Labute approximate surface area is 139 Å². The summed E-state index contributed by atoms with van der Waals surface area (Å²) in [7, 11) is 0. The second-order valence-electron chi connectivity index (χ2n) is 5.10. The number of carbonyl (C=O) groups is 1. The Kier molecular flexibility index (Phi) is 5.62. The zero-order valence-corrected chi connectivity index (χ0v) is 14.0. The van der Waals surface area contributed by atoms with E-state index in [4.69, 9.17) is 0 Å². The van der Waals surface area contributed by atoms with E-state index < -0.39 is 0 Å². The highest BCUT2D eigenvalue weighted by Gasteiger charge is 2.17. The van der Waals surface area contributed by atoms with E-state index in [0.717, 1.165) is 53.4 Å². The molecule has 2 aromatic rings. The van der Waals surface area contributed by atoms with Gasteiger partial charge in [0, 0.05) is 29.7 Å². The van der Waals surface area contributed by atoms with Gasteiger partial charge >= 0.3 is 0 Å². The third-order valence-corrected chi connectivity index (χ3v) is 4.17. The number of carbonyl (C=O) groups excluding carboxylic acids is 1. The van der Waals surface area contributed by atoms with E-state index in [2.05, 4.69) is 27.3 Å². The molecule has 5 heteroatoms. The Bertz CT molecular complexity index is 639. The summed E-state index contributed by atoms with van der Waals surface area (Å²) < 4.78 is 1.06. The molecule has 0 radical (unpaired) electrons. The topological polar surface area (TPSA) is 32.3 Å². The van der Waals surface area contributed by atoms with E-state index >= 15 is 0 Å². The summed E-state index contributed by atoms with van der Waals surface area (Å²) in [5.41, 5.74) is 0.779. The van der Waals surface area contributed by atoms with Crippen molar-refractivity contribution in [1.82, 2.24) is 10.2 Å². The summed E-state index contributed by atoms with van der Waals surface area (Å²) in [4.78, 5) is 14.5. The van der Waals surface area contributed by atoms with Crippen molar-refractivity contribution in [3.63, 3.8) is 0 Å². The molecule has 1 fully saturated rings. The lowest BCUT2D eigenvalue weighted by atomic mass is 10.1. The highest BCUT2D eigenvalue weighted by Crippen LogP contribution is 2.21. The van der Waals surface area contributed by atoms with Crippen molar-refractivity contribution < 1.29 is 4.79 Å². The van der Waals surface area contributed by atoms with Crippen LogP contribution >= 0.6 is 28.3 Å². The molecule has 0 bridgehead atoms. The highest BCUT2D eigenvalue weighted by molar-refractivity contribution is 9.10. The minimum Gasteiger partial charge on any atom is -0.337 e. The second-order valence-corrected chi connectivity index (χ2v) is 6.02. The Balaban J connectivity index is 0.00000161. The molecule has 0 atom stereocenters. The number of hydrogen-bond acceptors (Lipinski definition) is 2. The Morgan fingerprint density at radius 1 is 1.05 bits per heavy atom. The summed E-state index contributed by atoms with van der Waals surface area (Å²) >= 11 is 3.47. The predicted octanol–water partition coefficient (Wildman–Crippen LogP) is 3.46. The van der Waals surface area contributed by atoms with Gasteiger partial charge in [-0.3, -0.25) is 4.79 Å². The van der Waals surface area contributed by atoms with Gasteiger partial charge in [0.2, 0.25) is 0 Å². The van der Waals surface area contributed by atoms with Crippen LogP contribution in [0.3, 0.4) is 0 Å². The quantitative estimate of drug-likeness (QED) is 0.835. The molecule has 0 saturated carbocycles. The van der Waals surface area contributed by atoms with E-state index in [1.165, 1.54) is 0 Å². The van der Waals surface area contributed by atoms with Gasteiger partial charge in [-0.25, -0.2) is 0 Å². The first kappa shape index (κ1) is 16.3. The molecule has 1 heterocycles. The number of fused-ring (bicyclic) bond motifs is 1. The number of nitrogens with one attached hydrogen (secondary N) is 1. The summed E-state index contributed by atoms with van der Waals surface area (Å²) in [6, 6.07) is 12.0. The molecule has 0 unspecified atom stereocenters. The third-order valence-electron chi connectivity index (χ3n) is 3.68. The minimum absolute atomic E-state index is 0. The van der Waals surface area contributed by atoms with Gasteiger partial charge in [0.25, 0.3) is 5.91 Å². The average molecular weight is 370 g/mol. The number of rotatable bonds is 1. The zero-order chi connectivity index (χ0) is 13.9. The first-order valence-electron chi connectivity index (χ1n) is 6.93. The van der Waals surface area contributed by atoms with Crippen molar-refractivity contribution in [3.05, 3.63) is 46.4 Å². The molecule has 1 saturated heterocycles. The van der Waals surface area contributed by atoms with Crippen LogP contribution in [-0.2, 0) is 0 Å². The average Bonchev–Trinajstić information content (AvgIpc) is 2.75. The van der Waals surface area contributed by atoms with Crippen LogP contribution in [0.4, 0.5) is 0 Å². The van der Waals surface area contributed by atoms with Gasteiger partial charge in [-0.05, 0) is 48.0 Å². The molecular weight excluding hydrogens is 352 g/mol. The fraction of sp³-hybridized carbons (Fsp3) is 0.312. The van der Waals surface area contributed by atoms with Crippen LogP contribution in [0.1, 0.15) is 16.8 Å². The molecule has 3 nitrogen and oxygen atoms in total. The van der Waals surface area contributed by atoms with E-state index in [0.29, 0.717) is 0 Å². The van der Waals surface area contributed by atoms with Gasteiger partial charge < -0.3 is 10.2 Å². The summed E-state index contributed by atoms with van der Waals surface area (Å²) in [6.45, 7) is 3.50. The third kappa shape index (κ3) is 3.76. The Hall–Kier alpha value is -1.10. The number of halogens is 2. The summed E-state index contributed by atoms with van der Waals surface area (Å²) in [6.07, 6.45) is 1.02. The smallest absolute Gasteiger partial charge is 0.253 e. The second kappa shape index (κ2) is 7.25. The van der Waals surface area contributed by atoms with Crippen molar-refractivity contribution in [3.8, 4) is 0 Å². The van der Waals surface area contributed by atoms with Crippen LogP contribution in [0.15, 0.2) is 40.9 Å². The maximum Gasteiger partial charge on any atom is 0.253 e. The fourth-order valence-electron chi connectivity index (χ4n) is 2.58. The van der Waals surface area contributed by atoms with Gasteiger partial charge in [0.15, 0.2) is 0 Å². The molecule has 1 N–H and O–H groups in total. The molecular formula is C16H18BrClN2O. The molecule has 2 aromatic carbocycles. The molecule has 21 heavy (non-hydrogen) atoms. The predicted molar refractivity (Wildman–Crippen MR) is 92.3 cm³/mol. The fourth-order valence-corrected chi connectivity index (χ4v) is 2.96. The maximum atomic E-state index is 12.6. The maximum absolute atomic E-state index is 12.6. The Morgan fingerprint density at radius 3 is 2.67 bits per heavy atom. The standard InChI is InChI=1S/C16H17BrN2O.ClH/c17-15-5-4-12-10-14(3-2-13(12)11-15)16(20)19-8-1-6-18-7-9-19;/h2-5,10-11,18H,1,6-9H2;1H. The minimum atomic E-state index is 0. The molecule has 0 aromatic heterocycles. The van der Waals surface area contributed by atoms with Crippen LogP contribution in [0, 0.1) is 0 Å². The van der Waals surface area contributed by atoms with Gasteiger partial charge in [0.1, 0.15) is 0 Å². The van der Waals surface area contributed by atoms with Crippen LogP contribution in [-0.4, -0.2) is 37.0 Å². The van der Waals surface area contributed by atoms with Gasteiger partial charge in [-0.15, -0.1) is 12.4 Å². The molecule has 112 valence electrons. The Morgan fingerprint density at radius 2 is 1.81 bits per heavy atom. The van der Waals surface area contributed by atoms with E-state index in [1.54, 1.807) is 0 Å². The highest BCUT2D eigenvalue weighted by atomic mass is 79.9.